The zero-order chi connectivity index (χ0) is 19.1. The zero-order valence-corrected chi connectivity index (χ0v) is 15.3. The van der Waals surface area contributed by atoms with Crippen LogP contribution in [-0.4, -0.2) is 61.7 Å². The number of methoxy groups -OCH3 is 1. The predicted octanol–water partition coefficient (Wildman–Crippen LogP) is 1.54. The van der Waals surface area contributed by atoms with Crippen molar-refractivity contribution in [2.75, 3.05) is 40.0 Å². The standard InChI is InChI=1S/C20H23N3O4/c1-26-17-4-2-15(3-5-17)6-8-22-19(24)16-7-9-21-18(14-16)20(25)23-10-12-27-13-11-23/h2-5,7,9,14H,6,8,10-13H2,1H3,(H,22,24). The molecule has 1 aromatic carbocycles. The largest absolute Gasteiger partial charge is 0.497 e. The molecule has 27 heavy (non-hydrogen) atoms. The van der Waals surface area contributed by atoms with Gasteiger partial charge >= 0.3 is 0 Å². The summed E-state index contributed by atoms with van der Waals surface area (Å²) in [6, 6.07) is 10.9. The quantitative estimate of drug-likeness (QED) is 0.835. The van der Waals surface area contributed by atoms with Gasteiger partial charge in [-0.3, -0.25) is 14.6 Å². The van der Waals surface area contributed by atoms with Gasteiger partial charge in [0, 0.05) is 31.4 Å². The minimum absolute atomic E-state index is 0.175. The fraction of sp³-hybridized carbons (Fsp3) is 0.350. The molecule has 1 aromatic heterocycles. The molecular weight excluding hydrogens is 346 g/mol. The summed E-state index contributed by atoms with van der Waals surface area (Å²) in [6.07, 6.45) is 2.20. The average Bonchev–Trinajstić information content (AvgIpc) is 2.74. The van der Waals surface area contributed by atoms with E-state index in [4.69, 9.17) is 9.47 Å². The number of carbonyl (C=O) groups is 2. The van der Waals surface area contributed by atoms with Crippen molar-refractivity contribution in [1.29, 1.82) is 0 Å². The van der Waals surface area contributed by atoms with Crippen LogP contribution < -0.4 is 10.1 Å². The molecule has 0 saturated carbocycles. The number of rotatable bonds is 6. The lowest BCUT2D eigenvalue weighted by atomic mass is 10.1. The second kappa shape index (κ2) is 9.14. The van der Waals surface area contributed by atoms with Crippen molar-refractivity contribution in [2.24, 2.45) is 0 Å². The molecule has 0 bridgehead atoms. The number of benzene rings is 1. The highest BCUT2D eigenvalue weighted by atomic mass is 16.5. The normalized spacial score (nSPS) is 13.9. The van der Waals surface area contributed by atoms with Crippen LogP contribution in [0.15, 0.2) is 42.6 Å². The summed E-state index contributed by atoms with van der Waals surface area (Å²) >= 11 is 0. The molecule has 0 radical (unpaired) electrons. The molecule has 2 aromatic rings. The van der Waals surface area contributed by atoms with Crippen molar-refractivity contribution in [3.8, 4) is 5.75 Å². The first kappa shape index (κ1) is 18.8. The number of aromatic nitrogens is 1. The van der Waals surface area contributed by atoms with Crippen molar-refractivity contribution < 1.29 is 19.1 Å². The first-order valence-corrected chi connectivity index (χ1v) is 8.91. The minimum Gasteiger partial charge on any atom is -0.497 e. The highest BCUT2D eigenvalue weighted by Crippen LogP contribution is 2.12. The fourth-order valence-electron chi connectivity index (χ4n) is 2.83. The Morgan fingerprint density at radius 1 is 1.19 bits per heavy atom. The summed E-state index contributed by atoms with van der Waals surface area (Å²) in [5.74, 6) is 0.408. The van der Waals surface area contributed by atoms with Crippen LogP contribution in [0.1, 0.15) is 26.4 Å². The van der Waals surface area contributed by atoms with Gasteiger partial charge in [0.15, 0.2) is 0 Å². The Bertz CT molecular complexity index is 786. The van der Waals surface area contributed by atoms with Gasteiger partial charge < -0.3 is 19.7 Å². The van der Waals surface area contributed by atoms with E-state index < -0.39 is 0 Å². The zero-order valence-electron chi connectivity index (χ0n) is 15.3. The Morgan fingerprint density at radius 3 is 2.63 bits per heavy atom. The van der Waals surface area contributed by atoms with E-state index in [0.717, 1.165) is 11.3 Å². The van der Waals surface area contributed by atoms with Crippen LogP contribution in [0, 0.1) is 0 Å². The first-order valence-electron chi connectivity index (χ1n) is 8.91. The highest BCUT2D eigenvalue weighted by molar-refractivity contribution is 5.98. The van der Waals surface area contributed by atoms with Crippen LogP contribution >= 0.6 is 0 Å². The molecule has 142 valence electrons. The maximum atomic E-state index is 12.5. The monoisotopic (exact) mass is 369 g/mol. The van der Waals surface area contributed by atoms with Gasteiger partial charge in [-0.15, -0.1) is 0 Å². The molecular formula is C20H23N3O4. The molecule has 3 rings (SSSR count). The summed E-state index contributed by atoms with van der Waals surface area (Å²) in [4.78, 5) is 30.7. The molecule has 7 heteroatoms. The van der Waals surface area contributed by atoms with E-state index in [2.05, 4.69) is 10.3 Å². The molecule has 7 nitrogen and oxygen atoms in total. The van der Waals surface area contributed by atoms with E-state index in [1.807, 2.05) is 24.3 Å². The third-order valence-electron chi connectivity index (χ3n) is 4.40. The van der Waals surface area contributed by atoms with Crippen molar-refractivity contribution in [3.63, 3.8) is 0 Å². The van der Waals surface area contributed by atoms with Gasteiger partial charge in [-0.2, -0.15) is 0 Å². The van der Waals surface area contributed by atoms with Crippen LogP contribution in [0.4, 0.5) is 0 Å². The predicted molar refractivity (Wildman–Crippen MR) is 100.0 cm³/mol. The van der Waals surface area contributed by atoms with Crippen LogP contribution in [0.3, 0.4) is 0 Å². The molecule has 1 N–H and O–H groups in total. The van der Waals surface area contributed by atoms with E-state index in [9.17, 15) is 9.59 Å². The van der Waals surface area contributed by atoms with Crippen LogP contribution in [0.5, 0.6) is 5.75 Å². The van der Waals surface area contributed by atoms with Crippen LogP contribution in [-0.2, 0) is 11.2 Å². The van der Waals surface area contributed by atoms with Gasteiger partial charge in [0.2, 0.25) is 0 Å². The molecule has 1 aliphatic heterocycles. The van der Waals surface area contributed by atoms with E-state index >= 15 is 0 Å². The highest BCUT2D eigenvalue weighted by Gasteiger charge is 2.20. The second-order valence-corrected chi connectivity index (χ2v) is 6.19. The van der Waals surface area contributed by atoms with Gasteiger partial charge in [0.05, 0.1) is 20.3 Å². The summed E-state index contributed by atoms with van der Waals surface area (Å²) in [5.41, 5.74) is 1.81. The van der Waals surface area contributed by atoms with Gasteiger partial charge in [-0.25, -0.2) is 0 Å². The van der Waals surface area contributed by atoms with Gasteiger partial charge in [0.25, 0.3) is 11.8 Å². The third kappa shape index (κ3) is 5.04. The van der Waals surface area contributed by atoms with Gasteiger partial charge in [-0.05, 0) is 36.2 Å². The van der Waals surface area contributed by atoms with E-state index in [1.165, 1.54) is 6.20 Å². The number of pyridine rings is 1. The fourth-order valence-corrected chi connectivity index (χ4v) is 2.83. The molecule has 0 unspecified atom stereocenters. The molecule has 2 amide bonds. The van der Waals surface area contributed by atoms with Gasteiger partial charge in [-0.1, -0.05) is 12.1 Å². The Hall–Kier alpha value is -2.93. The Labute approximate surface area is 158 Å². The molecule has 0 atom stereocenters. The lowest BCUT2D eigenvalue weighted by Gasteiger charge is -2.26. The number of hydrogen-bond donors (Lipinski definition) is 1. The lowest BCUT2D eigenvalue weighted by Crippen LogP contribution is -2.41. The smallest absolute Gasteiger partial charge is 0.272 e. The number of carbonyl (C=O) groups excluding carboxylic acids is 2. The third-order valence-corrected chi connectivity index (χ3v) is 4.40. The van der Waals surface area contributed by atoms with E-state index in [0.29, 0.717) is 44.8 Å². The van der Waals surface area contributed by atoms with Crippen molar-refractivity contribution >= 4 is 11.8 Å². The second-order valence-electron chi connectivity index (χ2n) is 6.19. The maximum absolute atomic E-state index is 12.5. The maximum Gasteiger partial charge on any atom is 0.272 e. The number of nitrogens with zero attached hydrogens (tertiary/aromatic N) is 2. The topological polar surface area (TPSA) is 80.8 Å². The number of hydrogen-bond acceptors (Lipinski definition) is 5. The van der Waals surface area contributed by atoms with Crippen LogP contribution in [0.25, 0.3) is 0 Å². The van der Waals surface area contributed by atoms with Crippen LogP contribution in [0.2, 0.25) is 0 Å². The van der Waals surface area contributed by atoms with Crippen molar-refractivity contribution in [3.05, 3.63) is 59.4 Å². The average molecular weight is 369 g/mol. The summed E-state index contributed by atoms with van der Waals surface area (Å²) < 4.78 is 10.4. The number of ether oxygens (including phenoxy) is 2. The summed E-state index contributed by atoms with van der Waals surface area (Å²) in [7, 11) is 1.63. The lowest BCUT2D eigenvalue weighted by molar-refractivity contribution is 0.0299. The molecule has 1 aliphatic rings. The molecule has 0 spiro atoms. The minimum atomic E-state index is -0.220. The van der Waals surface area contributed by atoms with E-state index in [-0.39, 0.29) is 17.5 Å². The Morgan fingerprint density at radius 2 is 1.93 bits per heavy atom. The molecule has 1 saturated heterocycles. The molecule has 0 aliphatic carbocycles. The summed E-state index contributed by atoms with van der Waals surface area (Å²) in [6.45, 7) is 2.63. The Kier molecular flexibility index (Phi) is 6.38. The van der Waals surface area contributed by atoms with Crippen molar-refractivity contribution in [1.82, 2.24) is 15.2 Å². The molecule has 1 fully saturated rings. The molecule has 2 heterocycles. The number of amides is 2. The number of nitrogens with one attached hydrogen (secondary N) is 1. The SMILES string of the molecule is COc1ccc(CCNC(=O)c2ccnc(C(=O)N3CCOCC3)c2)cc1. The van der Waals surface area contributed by atoms with Crippen molar-refractivity contribution in [2.45, 2.75) is 6.42 Å². The first-order chi connectivity index (χ1) is 13.2. The Balaban J connectivity index is 1.55. The number of morpholine rings is 1. The summed E-state index contributed by atoms with van der Waals surface area (Å²) in [5, 5.41) is 2.88. The van der Waals surface area contributed by atoms with E-state index in [1.54, 1.807) is 24.1 Å². The van der Waals surface area contributed by atoms with Gasteiger partial charge in [0.1, 0.15) is 11.4 Å².